The molecule has 0 saturated carbocycles. The zero-order valence-electron chi connectivity index (χ0n) is 22.4. The van der Waals surface area contributed by atoms with Crippen molar-refractivity contribution in [2.75, 3.05) is 20.3 Å². The van der Waals surface area contributed by atoms with Crippen LogP contribution in [0.15, 0.2) is 39.5 Å². The second-order valence-corrected chi connectivity index (χ2v) is 9.97. The smallest absolute Gasteiger partial charge is 0.239 e. The minimum absolute atomic E-state index is 0.0127. The number of hydrogen-bond donors (Lipinski definition) is 9. The molecule has 9 unspecified atom stereocenters. The molecule has 0 amide bonds. The summed E-state index contributed by atoms with van der Waals surface area (Å²) in [5.41, 5.74) is -1.12. The van der Waals surface area contributed by atoms with Crippen molar-refractivity contribution >= 4 is 11.0 Å². The maximum atomic E-state index is 13.7. The molecule has 2 aliphatic rings. The van der Waals surface area contributed by atoms with E-state index in [9.17, 15) is 50.8 Å². The molecule has 9 N–H and O–H groups in total. The third kappa shape index (κ3) is 5.67. The first-order valence-corrected chi connectivity index (χ1v) is 13.0. The Morgan fingerprint density at radius 2 is 1.58 bits per heavy atom. The van der Waals surface area contributed by atoms with Crippen LogP contribution in [0.1, 0.15) is 0 Å². The Morgan fingerprint density at radius 1 is 0.860 bits per heavy atom. The normalized spacial score (nSPS) is 31.1. The van der Waals surface area contributed by atoms with E-state index in [-0.39, 0.29) is 34.2 Å². The van der Waals surface area contributed by atoms with Crippen LogP contribution >= 0.6 is 0 Å². The molecule has 3 aromatic rings. The monoisotopic (exact) mass is 610 g/mol. The van der Waals surface area contributed by atoms with Crippen LogP contribution < -0.4 is 19.6 Å². The van der Waals surface area contributed by atoms with E-state index in [1.54, 1.807) is 0 Å². The minimum Gasteiger partial charge on any atom is -0.507 e. The van der Waals surface area contributed by atoms with E-state index >= 15 is 0 Å². The standard InChI is InChI=1S/C27H30O16/c1-38-14-4-9(2-3-11(14)29)24-25(43-26-22(36)18(32)13(31)8-39-26)20(34)17-12(30)5-10(6-15(17)41-24)40-27-23(37)21(35)19(33)16(7-28)42-27/h2-6,13,16,18-19,21-23,26-33,35-37H,7-8H2,1H3. The number of ether oxygens (including phenoxy) is 5. The molecule has 2 fully saturated rings. The van der Waals surface area contributed by atoms with E-state index in [1.807, 2.05) is 0 Å². The summed E-state index contributed by atoms with van der Waals surface area (Å²) in [6, 6.07) is 6.01. The average molecular weight is 611 g/mol. The molecule has 16 nitrogen and oxygen atoms in total. The lowest BCUT2D eigenvalue weighted by Crippen LogP contribution is -2.60. The van der Waals surface area contributed by atoms with Crippen molar-refractivity contribution in [2.24, 2.45) is 0 Å². The zero-order valence-corrected chi connectivity index (χ0v) is 22.4. The largest absolute Gasteiger partial charge is 0.507 e. The van der Waals surface area contributed by atoms with Gasteiger partial charge in [0.25, 0.3) is 0 Å². The van der Waals surface area contributed by atoms with Gasteiger partial charge in [-0.15, -0.1) is 0 Å². The molecule has 234 valence electrons. The molecule has 1 aromatic heterocycles. The lowest BCUT2D eigenvalue weighted by atomic mass is 9.99. The van der Waals surface area contributed by atoms with Crippen molar-refractivity contribution in [2.45, 2.75) is 55.3 Å². The van der Waals surface area contributed by atoms with Crippen LogP contribution in [0.5, 0.6) is 28.7 Å². The quantitative estimate of drug-likeness (QED) is 0.138. The van der Waals surface area contributed by atoms with Gasteiger partial charge in [0.1, 0.15) is 65.2 Å². The van der Waals surface area contributed by atoms with Gasteiger partial charge in [-0.25, -0.2) is 0 Å². The second-order valence-electron chi connectivity index (χ2n) is 9.97. The topological polar surface area (TPSA) is 258 Å². The number of aromatic hydroxyl groups is 2. The number of aliphatic hydroxyl groups is 7. The summed E-state index contributed by atoms with van der Waals surface area (Å²) in [5.74, 6) is -2.04. The number of methoxy groups -OCH3 is 1. The number of fused-ring (bicyclic) bond motifs is 1. The second kappa shape index (κ2) is 12.1. The Bertz CT molecular complexity index is 1520. The summed E-state index contributed by atoms with van der Waals surface area (Å²) in [6.45, 7) is -1.14. The summed E-state index contributed by atoms with van der Waals surface area (Å²) < 4.78 is 32.9. The van der Waals surface area contributed by atoms with Crippen LogP contribution in [0.25, 0.3) is 22.3 Å². The molecule has 16 heteroatoms. The first kappa shape index (κ1) is 30.7. The molecule has 2 aliphatic heterocycles. The minimum atomic E-state index is -1.79. The zero-order chi connectivity index (χ0) is 31.2. The highest BCUT2D eigenvalue weighted by Crippen LogP contribution is 2.40. The fraction of sp³-hybridized carbons (Fsp3) is 0.444. The summed E-state index contributed by atoms with van der Waals surface area (Å²) in [5, 5.41) is 90.6. The van der Waals surface area contributed by atoms with Gasteiger partial charge in [-0.1, -0.05) is 0 Å². The van der Waals surface area contributed by atoms with Gasteiger partial charge >= 0.3 is 0 Å². The van der Waals surface area contributed by atoms with Crippen molar-refractivity contribution in [3.05, 3.63) is 40.6 Å². The maximum Gasteiger partial charge on any atom is 0.239 e. The average Bonchev–Trinajstić information content (AvgIpc) is 2.98. The Kier molecular flexibility index (Phi) is 8.66. The highest BCUT2D eigenvalue weighted by atomic mass is 16.7. The van der Waals surface area contributed by atoms with Crippen LogP contribution in [0.4, 0.5) is 0 Å². The summed E-state index contributed by atoms with van der Waals surface area (Å²) in [4.78, 5) is 13.7. The van der Waals surface area contributed by atoms with Crippen LogP contribution in [0, 0.1) is 0 Å². The van der Waals surface area contributed by atoms with Crippen LogP contribution in [0.2, 0.25) is 0 Å². The predicted octanol–water partition coefficient (Wildman–Crippen LogP) is -2.12. The number of hydrogen-bond acceptors (Lipinski definition) is 16. The van der Waals surface area contributed by atoms with Crippen LogP contribution in [-0.2, 0) is 9.47 Å². The van der Waals surface area contributed by atoms with Gasteiger partial charge in [-0.2, -0.15) is 0 Å². The SMILES string of the molecule is COc1cc(-c2oc3cc(OC4OC(CO)C(O)C(O)C4O)cc(O)c3c(=O)c2OC2OCC(O)C(O)C2O)ccc1O. The van der Waals surface area contributed by atoms with E-state index in [0.717, 1.165) is 12.1 Å². The lowest BCUT2D eigenvalue weighted by Gasteiger charge is -2.39. The van der Waals surface area contributed by atoms with Crippen molar-refractivity contribution in [1.29, 1.82) is 0 Å². The van der Waals surface area contributed by atoms with Crippen molar-refractivity contribution in [1.82, 2.24) is 0 Å². The molecular weight excluding hydrogens is 580 g/mol. The third-order valence-electron chi connectivity index (χ3n) is 7.14. The van der Waals surface area contributed by atoms with Crippen molar-refractivity contribution in [3.8, 4) is 40.1 Å². The molecule has 0 radical (unpaired) electrons. The summed E-state index contributed by atoms with van der Waals surface area (Å²) in [6.07, 6.45) is -14.6. The molecule has 0 spiro atoms. The van der Waals surface area contributed by atoms with E-state index < -0.39 is 90.8 Å². The van der Waals surface area contributed by atoms with Crippen molar-refractivity contribution in [3.63, 3.8) is 0 Å². The van der Waals surface area contributed by atoms with E-state index in [4.69, 9.17) is 28.1 Å². The van der Waals surface area contributed by atoms with Crippen LogP contribution in [0.3, 0.4) is 0 Å². The Morgan fingerprint density at radius 3 is 2.28 bits per heavy atom. The molecule has 3 heterocycles. The first-order valence-electron chi connectivity index (χ1n) is 13.0. The van der Waals surface area contributed by atoms with Crippen molar-refractivity contribution < 1.29 is 74.1 Å². The van der Waals surface area contributed by atoms with Gasteiger partial charge < -0.3 is 74.1 Å². The van der Waals surface area contributed by atoms with Gasteiger partial charge in [-0.05, 0) is 18.2 Å². The number of phenols is 2. The number of phenolic OH excluding ortho intramolecular Hbond substituents is 2. The summed E-state index contributed by atoms with van der Waals surface area (Å²) in [7, 11) is 1.28. The molecule has 5 rings (SSSR count). The molecule has 2 aromatic carbocycles. The number of aliphatic hydroxyl groups excluding tert-OH is 7. The van der Waals surface area contributed by atoms with E-state index in [2.05, 4.69) is 0 Å². The maximum absolute atomic E-state index is 13.7. The molecule has 9 atom stereocenters. The predicted molar refractivity (Wildman–Crippen MR) is 141 cm³/mol. The highest BCUT2D eigenvalue weighted by molar-refractivity contribution is 5.88. The van der Waals surface area contributed by atoms with Crippen LogP contribution in [-0.4, -0.2) is 122 Å². The van der Waals surface area contributed by atoms with Gasteiger partial charge in [0.15, 0.2) is 17.3 Å². The Labute approximate surface area is 241 Å². The van der Waals surface area contributed by atoms with E-state index in [1.165, 1.54) is 25.3 Å². The van der Waals surface area contributed by atoms with Gasteiger partial charge in [0.05, 0.1) is 20.3 Å². The van der Waals surface area contributed by atoms with Gasteiger partial charge in [0.2, 0.25) is 23.8 Å². The highest BCUT2D eigenvalue weighted by Gasteiger charge is 2.45. The lowest BCUT2D eigenvalue weighted by molar-refractivity contribution is -0.277. The molecule has 0 aliphatic carbocycles. The third-order valence-corrected chi connectivity index (χ3v) is 7.14. The fourth-order valence-electron chi connectivity index (χ4n) is 4.74. The number of rotatable bonds is 7. The summed E-state index contributed by atoms with van der Waals surface area (Å²) >= 11 is 0. The number of benzene rings is 2. The van der Waals surface area contributed by atoms with Gasteiger partial charge in [-0.3, -0.25) is 4.79 Å². The Hall–Kier alpha value is -3.71. The molecular formula is C27H30O16. The van der Waals surface area contributed by atoms with E-state index in [0.29, 0.717) is 0 Å². The molecule has 2 saturated heterocycles. The Balaban J connectivity index is 1.60. The van der Waals surface area contributed by atoms with Gasteiger partial charge in [0, 0.05) is 17.7 Å². The first-order chi connectivity index (χ1) is 20.4. The molecule has 43 heavy (non-hydrogen) atoms. The fourth-order valence-corrected chi connectivity index (χ4v) is 4.74. The molecule has 0 bridgehead atoms.